The van der Waals surface area contributed by atoms with Crippen LogP contribution in [-0.4, -0.2) is 28.1 Å². The zero-order valence-electron chi connectivity index (χ0n) is 14.0. The van der Waals surface area contributed by atoms with Crippen LogP contribution in [0.4, 0.5) is 5.69 Å². The van der Waals surface area contributed by atoms with Crippen LogP contribution in [0.25, 0.3) is 12.2 Å². The summed E-state index contributed by atoms with van der Waals surface area (Å²) >= 11 is 0. The molecule has 2 N–H and O–H groups in total. The highest BCUT2D eigenvalue weighted by atomic mass is 16.6. The highest BCUT2D eigenvalue weighted by Crippen LogP contribution is 2.29. The van der Waals surface area contributed by atoms with E-state index < -0.39 is 21.9 Å². The molecule has 0 bridgehead atoms. The monoisotopic (exact) mass is 359 g/mol. The van der Waals surface area contributed by atoms with Crippen molar-refractivity contribution in [3.05, 3.63) is 73.1 Å². The van der Waals surface area contributed by atoms with E-state index in [0.29, 0.717) is 30.3 Å². The maximum Gasteiger partial charge on any atom is 0.357 e. The molecule has 0 amide bonds. The Hall–Kier alpha value is -3.62. The maximum absolute atomic E-state index is 11.6. The summed E-state index contributed by atoms with van der Waals surface area (Å²) in [6.45, 7) is 6.14. The summed E-state index contributed by atoms with van der Waals surface area (Å²) in [6, 6.07) is 5.06. The van der Waals surface area contributed by atoms with Gasteiger partial charge in [0.1, 0.15) is 12.3 Å². The van der Waals surface area contributed by atoms with Crippen molar-refractivity contribution in [2.45, 2.75) is 6.92 Å². The quantitative estimate of drug-likeness (QED) is 0.422. The van der Waals surface area contributed by atoms with Crippen LogP contribution in [0.2, 0.25) is 0 Å². The molecule has 9 heteroatoms. The van der Waals surface area contributed by atoms with E-state index in [9.17, 15) is 19.7 Å². The predicted octanol–water partition coefficient (Wildman–Crippen LogP) is 2.11. The van der Waals surface area contributed by atoms with Crippen LogP contribution in [0, 0.1) is 10.1 Å². The van der Waals surface area contributed by atoms with E-state index >= 15 is 0 Å². The Balaban J connectivity index is 2.41. The Morgan fingerprint density at radius 3 is 2.62 bits per heavy atom. The van der Waals surface area contributed by atoms with E-state index in [0.717, 1.165) is 0 Å². The molecular weight excluding hydrogens is 342 g/mol. The number of hydrogen-bond acceptors (Lipinski definition) is 6. The molecule has 0 atom stereocenters. The number of rotatable bonds is 8. The number of H-pyrrole nitrogens is 2. The van der Waals surface area contributed by atoms with Gasteiger partial charge in [-0.05, 0) is 30.7 Å². The third kappa shape index (κ3) is 4.47. The molecule has 1 aromatic heterocycles. The van der Waals surface area contributed by atoms with Crippen molar-refractivity contribution in [2.24, 2.45) is 0 Å². The Kier molecular flexibility index (Phi) is 6.10. The molecule has 0 saturated carbocycles. The fourth-order valence-electron chi connectivity index (χ4n) is 2.14. The van der Waals surface area contributed by atoms with Gasteiger partial charge in [0, 0.05) is 0 Å². The fraction of sp³-hybridized carbons (Fsp3) is 0.176. The van der Waals surface area contributed by atoms with Gasteiger partial charge in [-0.1, -0.05) is 24.8 Å². The maximum atomic E-state index is 11.6. The molecule has 2 aromatic rings. The van der Waals surface area contributed by atoms with Crippen molar-refractivity contribution in [1.82, 2.24) is 9.97 Å². The van der Waals surface area contributed by atoms with E-state index in [-0.39, 0.29) is 5.69 Å². The van der Waals surface area contributed by atoms with Gasteiger partial charge < -0.3 is 14.5 Å². The number of ether oxygens (including phenoxy) is 2. The number of aromatic nitrogens is 2. The Labute approximate surface area is 147 Å². The largest absolute Gasteiger partial charge is 0.490 e. The van der Waals surface area contributed by atoms with Crippen molar-refractivity contribution < 1.29 is 14.4 Å². The van der Waals surface area contributed by atoms with Gasteiger partial charge in [0.25, 0.3) is 0 Å². The first-order chi connectivity index (χ1) is 12.5. The molecule has 136 valence electrons. The first-order valence-electron chi connectivity index (χ1n) is 7.65. The van der Waals surface area contributed by atoms with Crippen LogP contribution in [-0.2, 0) is 0 Å². The minimum atomic E-state index is -1.07. The summed E-state index contributed by atoms with van der Waals surface area (Å²) < 4.78 is 11.0. The second-order valence-electron chi connectivity index (χ2n) is 5.00. The van der Waals surface area contributed by atoms with Gasteiger partial charge in [0.2, 0.25) is 0 Å². The molecule has 0 fully saturated rings. The van der Waals surface area contributed by atoms with E-state index in [1.54, 1.807) is 24.3 Å². The number of aromatic amines is 2. The predicted molar refractivity (Wildman–Crippen MR) is 96.6 cm³/mol. The zero-order valence-corrected chi connectivity index (χ0v) is 14.0. The Bertz CT molecular complexity index is 958. The lowest BCUT2D eigenvalue weighted by atomic mass is 10.1. The van der Waals surface area contributed by atoms with Crippen molar-refractivity contribution >= 4 is 17.8 Å². The molecule has 2 rings (SSSR count). The van der Waals surface area contributed by atoms with Gasteiger partial charge in [0.05, 0.1) is 11.5 Å². The Morgan fingerprint density at radius 2 is 1.96 bits per heavy atom. The lowest BCUT2D eigenvalue weighted by molar-refractivity contribution is -0.386. The van der Waals surface area contributed by atoms with Crippen molar-refractivity contribution in [3.8, 4) is 11.5 Å². The molecule has 9 nitrogen and oxygen atoms in total. The molecule has 0 aliphatic rings. The van der Waals surface area contributed by atoms with Gasteiger partial charge in [-0.25, -0.2) is 4.79 Å². The normalized spacial score (nSPS) is 10.7. The second kappa shape index (κ2) is 8.47. The van der Waals surface area contributed by atoms with Crippen LogP contribution < -0.4 is 20.7 Å². The van der Waals surface area contributed by atoms with Crippen LogP contribution in [0.15, 0.2) is 40.4 Å². The summed E-state index contributed by atoms with van der Waals surface area (Å²) in [5, 5.41) is 11.0. The van der Waals surface area contributed by atoms with Crippen molar-refractivity contribution in [1.29, 1.82) is 0 Å². The summed E-state index contributed by atoms with van der Waals surface area (Å²) in [4.78, 5) is 37.2. The highest BCUT2D eigenvalue weighted by molar-refractivity contribution is 5.72. The smallest absolute Gasteiger partial charge is 0.357 e. The number of hydrogen-bond donors (Lipinski definition) is 2. The molecule has 26 heavy (non-hydrogen) atoms. The summed E-state index contributed by atoms with van der Waals surface area (Å²) in [7, 11) is 0. The third-order valence-corrected chi connectivity index (χ3v) is 3.19. The molecule has 0 radical (unpaired) electrons. The van der Waals surface area contributed by atoms with E-state index in [2.05, 4.69) is 11.6 Å². The molecule has 1 aromatic carbocycles. The molecule has 0 spiro atoms. The van der Waals surface area contributed by atoms with Crippen LogP contribution >= 0.6 is 0 Å². The van der Waals surface area contributed by atoms with Gasteiger partial charge in [0.15, 0.2) is 11.5 Å². The summed E-state index contributed by atoms with van der Waals surface area (Å²) in [5.41, 5.74) is -2.20. The number of benzene rings is 1. The van der Waals surface area contributed by atoms with Crippen LogP contribution in [0.5, 0.6) is 11.5 Å². The molecule has 0 unspecified atom stereocenters. The molecule has 0 saturated heterocycles. The molecule has 0 aliphatic heterocycles. The second-order valence-corrected chi connectivity index (χ2v) is 5.00. The average molecular weight is 359 g/mol. The lowest BCUT2D eigenvalue weighted by Crippen LogP contribution is -2.25. The van der Waals surface area contributed by atoms with Crippen molar-refractivity contribution in [2.75, 3.05) is 13.2 Å². The number of nitrogens with one attached hydrogen (secondary N) is 2. The zero-order chi connectivity index (χ0) is 19.1. The summed E-state index contributed by atoms with van der Waals surface area (Å²) in [5.74, 6) is 1.02. The van der Waals surface area contributed by atoms with Crippen molar-refractivity contribution in [3.63, 3.8) is 0 Å². The number of nitrogens with zero attached hydrogens (tertiary/aromatic N) is 1. The SMILES string of the molecule is C=CCOc1ccc(/C=C\c2[nH]c(=O)[nH]c(=O)c2[N+](=O)[O-])cc1OCC. The standard InChI is InChI=1S/C17H17N3O6/c1-3-9-26-13-8-6-11(10-14(13)25-4-2)5-7-12-15(20(23)24)16(21)19-17(22)18-12/h3,5-8,10H,1,4,9H2,2H3,(H2,18,19,21,22)/b7-5-. The molecular formula is C17H17N3O6. The van der Waals surface area contributed by atoms with Gasteiger partial charge in [-0.3, -0.25) is 19.9 Å². The lowest BCUT2D eigenvalue weighted by Gasteiger charge is -2.11. The van der Waals surface area contributed by atoms with E-state index in [1.165, 1.54) is 12.2 Å². The molecule has 0 aliphatic carbocycles. The first kappa shape index (κ1) is 18.7. The minimum Gasteiger partial charge on any atom is -0.490 e. The summed E-state index contributed by atoms with van der Waals surface area (Å²) in [6.07, 6.45) is 4.40. The third-order valence-electron chi connectivity index (χ3n) is 3.19. The van der Waals surface area contributed by atoms with Gasteiger partial charge in [-0.15, -0.1) is 0 Å². The average Bonchev–Trinajstić information content (AvgIpc) is 2.58. The first-order valence-corrected chi connectivity index (χ1v) is 7.65. The minimum absolute atomic E-state index is 0.200. The van der Waals surface area contributed by atoms with Crippen LogP contribution in [0.1, 0.15) is 18.2 Å². The van der Waals surface area contributed by atoms with Crippen LogP contribution in [0.3, 0.4) is 0 Å². The Morgan fingerprint density at radius 1 is 1.19 bits per heavy atom. The topological polar surface area (TPSA) is 127 Å². The highest BCUT2D eigenvalue weighted by Gasteiger charge is 2.18. The molecule has 1 heterocycles. The van der Waals surface area contributed by atoms with E-state index in [1.807, 2.05) is 11.9 Å². The number of nitro groups is 1. The van der Waals surface area contributed by atoms with Gasteiger partial charge in [-0.2, -0.15) is 0 Å². The van der Waals surface area contributed by atoms with Gasteiger partial charge >= 0.3 is 16.9 Å². The fourth-order valence-corrected chi connectivity index (χ4v) is 2.14. The van der Waals surface area contributed by atoms with E-state index in [4.69, 9.17) is 9.47 Å².